The number of H-pyrrole nitrogens is 1. The summed E-state index contributed by atoms with van der Waals surface area (Å²) in [4.78, 5) is 24.2. The Balaban J connectivity index is 1.31. The van der Waals surface area contributed by atoms with Crippen LogP contribution in [0.2, 0.25) is 5.28 Å². The lowest BCUT2D eigenvalue weighted by Crippen LogP contribution is -2.45. The van der Waals surface area contributed by atoms with Gasteiger partial charge < -0.3 is 44.6 Å². The zero-order valence-electron chi connectivity index (χ0n) is 20.4. The number of hydrogen-bond donors (Lipinski definition) is 7. The highest BCUT2D eigenvalue weighted by molar-refractivity contribution is 7.53. The number of aliphatic hydroxyl groups excluding tert-OH is 3. The second-order valence-electron chi connectivity index (χ2n) is 9.41. The predicted molar refractivity (Wildman–Crippen MR) is 131 cm³/mol. The van der Waals surface area contributed by atoms with Crippen molar-refractivity contribution in [3.05, 3.63) is 28.9 Å². The van der Waals surface area contributed by atoms with E-state index in [4.69, 9.17) is 25.8 Å². The van der Waals surface area contributed by atoms with Crippen LogP contribution in [0, 0.1) is 0 Å². The van der Waals surface area contributed by atoms with Gasteiger partial charge in [-0.05, 0) is 43.0 Å². The molecule has 3 aromatic heterocycles. The molecule has 5 rings (SSSR count). The number of nitrogens with one attached hydrogen (secondary N) is 2. The van der Waals surface area contributed by atoms with Crippen molar-refractivity contribution in [2.75, 3.05) is 25.1 Å². The summed E-state index contributed by atoms with van der Waals surface area (Å²) in [6.45, 7) is -2.73. The van der Waals surface area contributed by atoms with Crippen LogP contribution >= 0.6 is 19.2 Å². The third-order valence-electron chi connectivity index (χ3n) is 6.86. The van der Waals surface area contributed by atoms with Crippen molar-refractivity contribution in [1.29, 1.82) is 0 Å². The van der Waals surface area contributed by atoms with Crippen LogP contribution < -0.4 is 5.32 Å². The van der Waals surface area contributed by atoms with Crippen molar-refractivity contribution in [2.45, 2.75) is 61.7 Å². The van der Waals surface area contributed by atoms with Gasteiger partial charge in [-0.3, -0.25) is 4.57 Å². The lowest BCUT2D eigenvalue weighted by atomic mass is 9.93. The number of rotatable bonds is 12. The summed E-state index contributed by atoms with van der Waals surface area (Å²) in [5, 5.41) is 49.3. The maximum absolute atomic E-state index is 12.3. The lowest BCUT2D eigenvalue weighted by Gasteiger charge is -2.33. The van der Waals surface area contributed by atoms with E-state index in [1.807, 2.05) is 0 Å². The quantitative estimate of drug-likeness (QED) is 0.127. The number of fused-ring (bicyclic) bond motifs is 1. The molecule has 7 N–H and O–H groups in total. The van der Waals surface area contributed by atoms with Gasteiger partial charge >= 0.3 is 7.60 Å². The van der Waals surface area contributed by atoms with Crippen LogP contribution in [0.25, 0.3) is 5.52 Å². The minimum Gasteiger partial charge on any atom is -0.393 e. The number of aliphatic hydroxyl groups is 3. The van der Waals surface area contributed by atoms with E-state index in [9.17, 15) is 29.7 Å². The summed E-state index contributed by atoms with van der Waals surface area (Å²) in [7, 11) is -5.13. The lowest BCUT2D eigenvalue weighted by molar-refractivity contribution is -0.126. The van der Waals surface area contributed by atoms with E-state index >= 15 is 0 Å². The van der Waals surface area contributed by atoms with Crippen molar-refractivity contribution < 1.29 is 43.9 Å². The van der Waals surface area contributed by atoms with E-state index in [1.165, 1.54) is 4.52 Å². The van der Waals surface area contributed by atoms with Gasteiger partial charge in [0.2, 0.25) is 10.6 Å². The first-order chi connectivity index (χ1) is 18.6. The van der Waals surface area contributed by atoms with Crippen LogP contribution in [0.15, 0.2) is 12.1 Å². The highest BCUT2D eigenvalue weighted by Gasteiger charge is 2.51. The molecule has 0 spiro atoms. The van der Waals surface area contributed by atoms with Crippen LogP contribution in [-0.4, -0.2) is 110 Å². The van der Waals surface area contributed by atoms with Gasteiger partial charge in [0.05, 0.1) is 25.5 Å². The van der Waals surface area contributed by atoms with Gasteiger partial charge in [0.25, 0.3) is 0 Å². The molecule has 0 aromatic carbocycles. The van der Waals surface area contributed by atoms with Crippen LogP contribution in [0.3, 0.4) is 0 Å². The highest BCUT2D eigenvalue weighted by Crippen LogP contribution is 2.51. The molecule has 19 heteroatoms. The molecule has 0 bridgehead atoms. The van der Waals surface area contributed by atoms with Crippen molar-refractivity contribution in [1.82, 2.24) is 35.2 Å². The van der Waals surface area contributed by atoms with Crippen molar-refractivity contribution in [3.8, 4) is 0 Å². The minimum absolute atomic E-state index is 0.0371. The zero-order valence-corrected chi connectivity index (χ0v) is 22.0. The maximum Gasteiger partial charge on any atom is 0.361 e. The number of anilines is 1. The van der Waals surface area contributed by atoms with Gasteiger partial charge in [0, 0.05) is 6.04 Å². The van der Waals surface area contributed by atoms with Gasteiger partial charge in [-0.2, -0.15) is 10.2 Å². The summed E-state index contributed by atoms with van der Waals surface area (Å²) in [5.74, 6) is 0.636. The largest absolute Gasteiger partial charge is 0.393 e. The van der Waals surface area contributed by atoms with E-state index < -0.39 is 57.2 Å². The number of aromatic nitrogens is 7. The van der Waals surface area contributed by atoms with Gasteiger partial charge in [0.1, 0.15) is 36.5 Å². The monoisotopic (exact) mass is 590 g/mol. The molecular weight excluding hydrogens is 563 g/mol. The summed E-state index contributed by atoms with van der Waals surface area (Å²) in [5.41, 5.74) is 0.956. The first-order valence-corrected chi connectivity index (χ1v) is 14.0. The van der Waals surface area contributed by atoms with Crippen molar-refractivity contribution in [2.24, 2.45) is 0 Å². The maximum atomic E-state index is 12.3. The summed E-state index contributed by atoms with van der Waals surface area (Å²) in [6, 6.07) is 3.65. The molecule has 1 aliphatic heterocycles. The van der Waals surface area contributed by atoms with Gasteiger partial charge in [0.15, 0.2) is 11.6 Å². The normalized spacial score (nSPS) is 25.6. The fraction of sp³-hybridized carbons (Fsp3) is 0.650. The molecule has 2 fully saturated rings. The Kier molecular flexibility index (Phi) is 8.17. The molecule has 17 nitrogen and oxygen atoms in total. The first-order valence-electron chi connectivity index (χ1n) is 12.1. The number of halogens is 1. The van der Waals surface area contributed by atoms with Crippen molar-refractivity contribution >= 4 is 30.5 Å². The highest BCUT2D eigenvalue weighted by atomic mass is 35.5. The fourth-order valence-corrected chi connectivity index (χ4v) is 5.21. The topological polar surface area (TPSA) is 243 Å². The number of tetrazole rings is 1. The standard InChI is InChI=1S/C20H28ClN8O9P/c21-19-23-18(22-10-2-1-3-10)12-5-4-11(29(12)26-19)17-16(32)15(31)13(38-17)6-37-20(8-30,39(33,34)35)9-36-7-14-24-27-28-25-14/h4-5,10,13,15-17,30-32H,1-3,6-9H2,(H,22,23,26)(H2,33,34,35)(H,24,25,27,28)/t13-,15-,16-,17+,20+/m1/s1. The first kappa shape index (κ1) is 28.2. The molecule has 0 unspecified atom stereocenters. The molecule has 0 radical (unpaired) electrons. The number of ether oxygens (including phenoxy) is 3. The molecule has 1 saturated heterocycles. The smallest absolute Gasteiger partial charge is 0.361 e. The van der Waals surface area contributed by atoms with E-state index in [0.29, 0.717) is 17.0 Å². The third-order valence-corrected chi connectivity index (χ3v) is 8.48. The summed E-state index contributed by atoms with van der Waals surface area (Å²) >= 11 is 6.15. The summed E-state index contributed by atoms with van der Waals surface area (Å²) < 4.78 is 30.3. The van der Waals surface area contributed by atoms with Crippen LogP contribution in [0.1, 0.15) is 36.9 Å². The number of aromatic amines is 1. The Hall–Kier alpha value is -2.31. The molecule has 1 saturated carbocycles. The SMILES string of the molecule is O=P(O)(O)[C@@](CO)(COCc1nn[nH]n1)OC[C@H]1O[C@@H](c2ccc3c(NC4CCC4)nc(Cl)nn23)[C@H](O)[C@@H]1O. The second-order valence-corrected chi connectivity index (χ2v) is 11.7. The van der Waals surface area contributed by atoms with Gasteiger partial charge in [-0.15, -0.1) is 15.3 Å². The average Bonchev–Trinajstić information content (AvgIpc) is 3.59. The molecule has 5 atom stereocenters. The molecular formula is C20H28ClN8O9P. The van der Waals surface area contributed by atoms with E-state index in [2.05, 4.69) is 36.0 Å². The average molecular weight is 591 g/mol. The third kappa shape index (κ3) is 5.65. The van der Waals surface area contributed by atoms with Crippen LogP contribution in [0.5, 0.6) is 0 Å². The van der Waals surface area contributed by atoms with Gasteiger partial charge in [-0.25, -0.2) is 4.52 Å². The van der Waals surface area contributed by atoms with Gasteiger partial charge in [-0.1, -0.05) is 5.21 Å². The van der Waals surface area contributed by atoms with Crippen LogP contribution in [-0.2, 0) is 25.4 Å². The van der Waals surface area contributed by atoms with E-state index in [-0.39, 0.29) is 23.8 Å². The fourth-order valence-electron chi connectivity index (χ4n) is 4.36. The predicted octanol–water partition coefficient (Wildman–Crippen LogP) is -0.878. The van der Waals surface area contributed by atoms with E-state index in [1.54, 1.807) is 12.1 Å². The Morgan fingerprint density at radius 2 is 2.08 bits per heavy atom. The Morgan fingerprint density at radius 1 is 1.28 bits per heavy atom. The molecule has 4 heterocycles. The zero-order chi connectivity index (χ0) is 27.8. The molecule has 3 aromatic rings. The molecule has 39 heavy (non-hydrogen) atoms. The minimum atomic E-state index is -5.13. The molecule has 2 aliphatic rings. The van der Waals surface area contributed by atoms with Crippen LogP contribution in [0.4, 0.5) is 5.82 Å². The molecule has 1 aliphatic carbocycles. The number of nitrogens with zero attached hydrogens (tertiary/aromatic N) is 6. The van der Waals surface area contributed by atoms with E-state index in [0.717, 1.165) is 19.3 Å². The Morgan fingerprint density at radius 3 is 2.72 bits per heavy atom. The van der Waals surface area contributed by atoms with Crippen molar-refractivity contribution in [3.63, 3.8) is 0 Å². The Labute approximate surface area is 225 Å². The summed E-state index contributed by atoms with van der Waals surface area (Å²) in [6.07, 6.45) is -2.13. The molecule has 214 valence electrons. The number of hydrogen-bond acceptors (Lipinski definition) is 13. The molecule has 0 amide bonds. The Bertz CT molecular complexity index is 1320. The second kappa shape index (κ2) is 11.3.